The number of aryl methyl sites for hydroxylation is 2. The summed E-state index contributed by atoms with van der Waals surface area (Å²) in [6.07, 6.45) is 2.95. The summed E-state index contributed by atoms with van der Waals surface area (Å²) in [6, 6.07) is 6.00. The Balaban J connectivity index is 2.30. The van der Waals surface area contributed by atoms with Crippen molar-refractivity contribution in [3.63, 3.8) is 0 Å². The molecule has 2 aromatic heterocycles. The zero-order chi connectivity index (χ0) is 14.3. The summed E-state index contributed by atoms with van der Waals surface area (Å²) in [5.74, 6) is 2.45. The van der Waals surface area contributed by atoms with E-state index in [0.717, 1.165) is 47.6 Å². The van der Waals surface area contributed by atoms with E-state index in [1.54, 1.807) is 0 Å². The lowest BCUT2D eigenvalue weighted by Gasteiger charge is -2.24. The minimum Gasteiger partial charge on any atom is -0.461 e. The van der Waals surface area contributed by atoms with Gasteiger partial charge in [-0.15, -0.1) is 0 Å². The summed E-state index contributed by atoms with van der Waals surface area (Å²) in [6.45, 7) is 4.12. The zero-order valence-corrected chi connectivity index (χ0v) is 11.7. The number of nitrogen functional groups attached to an aromatic ring is 1. The van der Waals surface area contributed by atoms with E-state index < -0.39 is 0 Å². The van der Waals surface area contributed by atoms with E-state index in [-0.39, 0.29) is 0 Å². The molecule has 2 N–H and O–H groups in total. The highest BCUT2D eigenvalue weighted by molar-refractivity contribution is 5.76. The molecule has 1 aliphatic carbocycles. The van der Waals surface area contributed by atoms with Crippen LogP contribution in [0, 0.1) is 24.2 Å². The molecule has 2 heterocycles. The van der Waals surface area contributed by atoms with Gasteiger partial charge in [0, 0.05) is 11.3 Å². The van der Waals surface area contributed by atoms with E-state index in [2.05, 4.69) is 18.0 Å². The molecule has 0 bridgehead atoms. The molecule has 0 aliphatic heterocycles. The molecule has 4 heteroatoms. The molecule has 0 fully saturated rings. The fourth-order valence-corrected chi connectivity index (χ4v) is 2.91. The number of aromatic nitrogens is 1. The van der Waals surface area contributed by atoms with Crippen LogP contribution >= 0.6 is 0 Å². The van der Waals surface area contributed by atoms with Gasteiger partial charge in [-0.2, -0.15) is 5.26 Å². The first-order valence-corrected chi connectivity index (χ1v) is 6.88. The number of hydrogen-bond donors (Lipinski definition) is 1. The summed E-state index contributed by atoms with van der Waals surface area (Å²) in [5, 5.41) is 9.42. The van der Waals surface area contributed by atoms with Crippen molar-refractivity contribution >= 4 is 5.82 Å². The van der Waals surface area contributed by atoms with Gasteiger partial charge in [-0.1, -0.05) is 6.92 Å². The second kappa shape index (κ2) is 4.68. The predicted molar refractivity (Wildman–Crippen MR) is 77.0 cm³/mol. The normalized spacial score (nSPS) is 17.6. The molecule has 2 aromatic rings. The quantitative estimate of drug-likeness (QED) is 0.860. The first-order valence-electron chi connectivity index (χ1n) is 6.88. The first-order chi connectivity index (χ1) is 9.60. The van der Waals surface area contributed by atoms with E-state index in [1.807, 2.05) is 19.1 Å². The van der Waals surface area contributed by atoms with Crippen molar-refractivity contribution in [3.05, 3.63) is 34.7 Å². The molecule has 0 amide bonds. The van der Waals surface area contributed by atoms with Crippen molar-refractivity contribution in [2.24, 2.45) is 5.92 Å². The number of pyridine rings is 1. The standard InChI is InChI=1S/C16H17N3O/c1-9-3-5-13-11(7-9)15(12(8-17)16(18)19-13)14-6-4-10(2)20-14/h4,6,9H,3,5,7H2,1-2H3,(H2,18,19)/t9-/m1/s1. The molecule has 1 aliphatic rings. The molecule has 102 valence electrons. The first kappa shape index (κ1) is 12.7. The average molecular weight is 267 g/mol. The number of nitrogens with two attached hydrogens (primary N) is 1. The van der Waals surface area contributed by atoms with Gasteiger partial charge in [-0.25, -0.2) is 4.98 Å². The summed E-state index contributed by atoms with van der Waals surface area (Å²) < 4.78 is 5.73. The van der Waals surface area contributed by atoms with Crippen LogP contribution in [-0.4, -0.2) is 4.98 Å². The molecule has 0 radical (unpaired) electrons. The van der Waals surface area contributed by atoms with Crippen molar-refractivity contribution in [1.29, 1.82) is 5.26 Å². The SMILES string of the molecule is Cc1ccc(-c2c(C#N)c(N)nc3c2C[C@H](C)CC3)o1. The van der Waals surface area contributed by atoms with Gasteiger partial charge in [0.15, 0.2) is 0 Å². The number of anilines is 1. The molecule has 0 unspecified atom stereocenters. The Morgan fingerprint density at radius 3 is 2.90 bits per heavy atom. The molecule has 20 heavy (non-hydrogen) atoms. The molecular weight excluding hydrogens is 250 g/mol. The average Bonchev–Trinajstić information content (AvgIpc) is 2.84. The molecule has 0 saturated heterocycles. The third-order valence-corrected chi connectivity index (χ3v) is 3.94. The number of fused-ring (bicyclic) bond motifs is 1. The van der Waals surface area contributed by atoms with Crippen molar-refractivity contribution < 1.29 is 4.42 Å². The van der Waals surface area contributed by atoms with Crippen LogP contribution in [0.4, 0.5) is 5.82 Å². The minimum absolute atomic E-state index is 0.310. The fourth-order valence-electron chi connectivity index (χ4n) is 2.91. The van der Waals surface area contributed by atoms with Gasteiger partial charge < -0.3 is 10.2 Å². The maximum absolute atomic E-state index is 9.42. The van der Waals surface area contributed by atoms with Crippen LogP contribution in [-0.2, 0) is 12.8 Å². The lowest BCUT2D eigenvalue weighted by Crippen LogP contribution is -2.16. The highest BCUT2D eigenvalue weighted by atomic mass is 16.3. The van der Waals surface area contributed by atoms with Crippen LogP contribution in [0.25, 0.3) is 11.3 Å². The van der Waals surface area contributed by atoms with Gasteiger partial charge in [0.2, 0.25) is 0 Å². The molecule has 3 rings (SSSR count). The van der Waals surface area contributed by atoms with E-state index in [9.17, 15) is 5.26 Å². The second-order valence-electron chi connectivity index (χ2n) is 5.54. The highest BCUT2D eigenvalue weighted by Gasteiger charge is 2.26. The Bertz CT molecular complexity index is 709. The Morgan fingerprint density at radius 1 is 1.45 bits per heavy atom. The Kier molecular flexibility index (Phi) is 2.98. The molecule has 0 spiro atoms. The van der Waals surface area contributed by atoms with E-state index in [1.165, 1.54) is 0 Å². The third kappa shape index (κ3) is 1.96. The van der Waals surface area contributed by atoms with Crippen LogP contribution < -0.4 is 5.73 Å². The van der Waals surface area contributed by atoms with Gasteiger partial charge in [0.1, 0.15) is 29.0 Å². The maximum Gasteiger partial charge on any atom is 0.142 e. The fraction of sp³-hybridized carbons (Fsp3) is 0.375. The highest BCUT2D eigenvalue weighted by Crippen LogP contribution is 2.37. The molecule has 0 saturated carbocycles. The van der Waals surface area contributed by atoms with Crippen LogP contribution in [0.15, 0.2) is 16.5 Å². The Hall–Kier alpha value is -2.28. The summed E-state index contributed by atoms with van der Waals surface area (Å²) in [4.78, 5) is 4.43. The van der Waals surface area contributed by atoms with E-state index >= 15 is 0 Å². The van der Waals surface area contributed by atoms with Gasteiger partial charge in [0.05, 0.1) is 0 Å². The van der Waals surface area contributed by atoms with Crippen molar-refractivity contribution in [1.82, 2.24) is 4.98 Å². The third-order valence-electron chi connectivity index (χ3n) is 3.94. The molecule has 1 atom stereocenters. The lowest BCUT2D eigenvalue weighted by molar-refractivity contribution is 0.492. The van der Waals surface area contributed by atoms with E-state index in [4.69, 9.17) is 10.2 Å². The van der Waals surface area contributed by atoms with Crippen molar-refractivity contribution in [3.8, 4) is 17.4 Å². The largest absolute Gasteiger partial charge is 0.461 e. The maximum atomic E-state index is 9.42. The second-order valence-corrected chi connectivity index (χ2v) is 5.54. The summed E-state index contributed by atoms with van der Waals surface area (Å²) in [5.41, 5.74) is 9.38. The molecule has 4 nitrogen and oxygen atoms in total. The summed E-state index contributed by atoms with van der Waals surface area (Å²) in [7, 11) is 0. The number of nitrogens with zero attached hydrogens (tertiary/aromatic N) is 2. The van der Waals surface area contributed by atoms with Gasteiger partial charge >= 0.3 is 0 Å². The van der Waals surface area contributed by atoms with E-state index in [0.29, 0.717) is 17.3 Å². The van der Waals surface area contributed by atoms with Crippen LogP contribution in [0.5, 0.6) is 0 Å². The van der Waals surface area contributed by atoms with Crippen LogP contribution in [0.1, 0.15) is 35.9 Å². The number of hydrogen-bond acceptors (Lipinski definition) is 4. The smallest absolute Gasteiger partial charge is 0.142 e. The zero-order valence-electron chi connectivity index (χ0n) is 11.7. The van der Waals surface area contributed by atoms with Crippen molar-refractivity contribution in [2.75, 3.05) is 5.73 Å². The Morgan fingerprint density at radius 2 is 2.25 bits per heavy atom. The topological polar surface area (TPSA) is 75.8 Å². The number of furan rings is 1. The van der Waals surface area contributed by atoms with Crippen molar-refractivity contribution in [2.45, 2.75) is 33.1 Å². The number of rotatable bonds is 1. The minimum atomic E-state index is 0.310. The van der Waals surface area contributed by atoms with Crippen LogP contribution in [0.2, 0.25) is 0 Å². The molecule has 0 aromatic carbocycles. The number of nitriles is 1. The van der Waals surface area contributed by atoms with Gasteiger partial charge in [0.25, 0.3) is 0 Å². The molecular formula is C16H17N3O. The Labute approximate surface area is 118 Å². The monoisotopic (exact) mass is 267 g/mol. The van der Waals surface area contributed by atoms with Crippen LogP contribution in [0.3, 0.4) is 0 Å². The van der Waals surface area contributed by atoms with Gasteiger partial charge in [-0.05, 0) is 49.8 Å². The predicted octanol–water partition coefficient (Wildman–Crippen LogP) is 3.23. The van der Waals surface area contributed by atoms with Gasteiger partial charge in [-0.3, -0.25) is 0 Å². The lowest BCUT2D eigenvalue weighted by atomic mass is 9.83. The summed E-state index contributed by atoms with van der Waals surface area (Å²) >= 11 is 0.